The van der Waals surface area contributed by atoms with Crippen LogP contribution in [0.3, 0.4) is 0 Å². The van der Waals surface area contributed by atoms with E-state index < -0.39 is 0 Å². The van der Waals surface area contributed by atoms with Gasteiger partial charge >= 0.3 is 0 Å². The second-order valence-corrected chi connectivity index (χ2v) is 3.76. The molecule has 0 amide bonds. The van der Waals surface area contributed by atoms with Crippen LogP contribution >= 0.6 is 0 Å². The van der Waals surface area contributed by atoms with Crippen LogP contribution in [0.4, 0.5) is 0 Å². The summed E-state index contributed by atoms with van der Waals surface area (Å²) in [6, 6.07) is 7.59. The van der Waals surface area contributed by atoms with Crippen molar-refractivity contribution in [3.8, 4) is 0 Å². The number of Topliss-reactive ketones (excluding diaryl/α,β-unsaturated/α-hetero) is 1. The molecule has 0 radical (unpaired) electrons. The maximum absolute atomic E-state index is 12.0. The van der Waals surface area contributed by atoms with Crippen molar-refractivity contribution in [3.05, 3.63) is 47.2 Å². The lowest BCUT2D eigenvalue weighted by Crippen LogP contribution is -2.11. The van der Waals surface area contributed by atoms with Crippen molar-refractivity contribution in [1.29, 1.82) is 0 Å². The largest absolute Gasteiger partial charge is 0.490 e. The molecule has 0 saturated carbocycles. The Bertz CT molecular complexity index is 405. The molecular weight excluding hydrogens is 188 g/mol. The predicted molar refractivity (Wildman–Crippen MR) is 58.8 cm³/mol. The van der Waals surface area contributed by atoms with Gasteiger partial charge in [-0.1, -0.05) is 23.8 Å². The lowest BCUT2D eigenvalue weighted by atomic mass is 10.1. The number of ether oxygens (including phenoxy) is 1. The molecule has 0 unspecified atom stereocenters. The van der Waals surface area contributed by atoms with Crippen LogP contribution in [0.2, 0.25) is 0 Å². The third-order valence-corrected chi connectivity index (χ3v) is 2.44. The Kier molecular flexibility index (Phi) is 2.86. The van der Waals surface area contributed by atoms with Gasteiger partial charge in [-0.3, -0.25) is 4.79 Å². The van der Waals surface area contributed by atoms with Gasteiger partial charge in [0.2, 0.25) is 5.78 Å². The summed E-state index contributed by atoms with van der Waals surface area (Å²) in [5.41, 5.74) is 1.81. The van der Waals surface area contributed by atoms with Crippen LogP contribution < -0.4 is 0 Å². The molecule has 0 saturated heterocycles. The summed E-state index contributed by atoms with van der Waals surface area (Å²) < 4.78 is 5.35. The molecular formula is C13H14O2. The first-order chi connectivity index (χ1) is 7.27. The Morgan fingerprint density at radius 3 is 2.93 bits per heavy atom. The third-order valence-electron chi connectivity index (χ3n) is 2.44. The van der Waals surface area contributed by atoms with E-state index in [1.54, 1.807) is 0 Å². The van der Waals surface area contributed by atoms with Gasteiger partial charge in [0.25, 0.3) is 0 Å². The summed E-state index contributed by atoms with van der Waals surface area (Å²) >= 11 is 0. The van der Waals surface area contributed by atoms with E-state index in [9.17, 15) is 4.79 Å². The number of ketones is 1. The molecule has 0 N–H and O–H groups in total. The number of hydrogen-bond donors (Lipinski definition) is 0. The molecule has 1 heterocycles. The van der Waals surface area contributed by atoms with Crippen LogP contribution in [-0.2, 0) is 4.74 Å². The lowest BCUT2D eigenvalue weighted by Gasteiger charge is -2.13. The minimum absolute atomic E-state index is 0.00148. The van der Waals surface area contributed by atoms with E-state index in [2.05, 4.69) is 0 Å². The minimum atomic E-state index is -0.00148. The molecule has 0 bridgehead atoms. The minimum Gasteiger partial charge on any atom is -0.490 e. The maximum Gasteiger partial charge on any atom is 0.227 e. The van der Waals surface area contributed by atoms with Crippen molar-refractivity contribution in [2.45, 2.75) is 19.8 Å². The van der Waals surface area contributed by atoms with Crippen LogP contribution in [0.15, 0.2) is 36.1 Å². The Balaban J connectivity index is 2.24. The Hall–Kier alpha value is -1.57. The van der Waals surface area contributed by atoms with Gasteiger partial charge in [-0.25, -0.2) is 0 Å². The zero-order chi connectivity index (χ0) is 10.7. The molecule has 0 fully saturated rings. The van der Waals surface area contributed by atoms with Gasteiger partial charge in [0, 0.05) is 5.56 Å². The molecule has 0 spiro atoms. The summed E-state index contributed by atoms with van der Waals surface area (Å²) in [5, 5.41) is 0. The van der Waals surface area contributed by atoms with Gasteiger partial charge in [-0.05, 0) is 31.9 Å². The second kappa shape index (κ2) is 4.30. The van der Waals surface area contributed by atoms with E-state index in [-0.39, 0.29) is 5.78 Å². The number of allylic oxidation sites excluding steroid dienone is 2. The van der Waals surface area contributed by atoms with Crippen LogP contribution in [0.25, 0.3) is 0 Å². The number of carbonyl (C=O) groups is 1. The van der Waals surface area contributed by atoms with Crippen molar-refractivity contribution < 1.29 is 9.53 Å². The monoisotopic (exact) mass is 202 g/mol. The number of benzene rings is 1. The van der Waals surface area contributed by atoms with Crippen LogP contribution in [0.5, 0.6) is 0 Å². The van der Waals surface area contributed by atoms with Crippen molar-refractivity contribution in [2.24, 2.45) is 0 Å². The summed E-state index contributed by atoms with van der Waals surface area (Å²) in [6.45, 7) is 2.64. The highest BCUT2D eigenvalue weighted by Gasteiger charge is 2.15. The van der Waals surface area contributed by atoms with E-state index in [0.29, 0.717) is 17.9 Å². The second-order valence-electron chi connectivity index (χ2n) is 3.76. The molecule has 15 heavy (non-hydrogen) atoms. The molecule has 2 nitrogen and oxygen atoms in total. The Morgan fingerprint density at radius 1 is 1.40 bits per heavy atom. The fraction of sp³-hybridized carbons (Fsp3) is 0.308. The highest BCUT2D eigenvalue weighted by atomic mass is 16.5. The normalized spacial score (nSPS) is 15.4. The first kappa shape index (κ1) is 9.97. The Morgan fingerprint density at radius 2 is 2.27 bits per heavy atom. The molecule has 2 rings (SSSR count). The SMILES string of the molecule is Cc1cccc(C(=O)C2=CCCCO2)c1. The summed E-state index contributed by atoms with van der Waals surface area (Å²) in [6.07, 6.45) is 3.83. The number of carbonyl (C=O) groups excluding carboxylic acids is 1. The smallest absolute Gasteiger partial charge is 0.227 e. The molecule has 0 aromatic heterocycles. The fourth-order valence-electron chi connectivity index (χ4n) is 1.64. The van der Waals surface area contributed by atoms with Crippen LogP contribution in [0.1, 0.15) is 28.8 Å². The van der Waals surface area contributed by atoms with Crippen molar-refractivity contribution >= 4 is 5.78 Å². The predicted octanol–water partition coefficient (Wildman–Crippen LogP) is 2.87. The van der Waals surface area contributed by atoms with E-state index in [4.69, 9.17) is 4.74 Å². The van der Waals surface area contributed by atoms with E-state index in [1.165, 1.54) is 0 Å². The lowest BCUT2D eigenvalue weighted by molar-refractivity contribution is 0.0899. The van der Waals surface area contributed by atoms with Gasteiger partial charge in [0.1, 0.15) is 0 Å². The van der Waals surface area contributed by atoms with Crippen molar-refractivity contribution in [1.82, 2.24) is 0 Å². The quantitative estimate of drug-likeness (QED) is 0.689. The van der Waals surface area contributed by atoms with E-state index in [0.717, 1.165) is 18.4 Å². The average Bonchev–Trinajstić information content (AvgIpc) is 2.29. The van der Waals surface area contributed by atoms with E-state index >= 15 is 0 Å². The molecule has 78 valence electrons. The fourth-order valence-corrected chi connectivity index (χ4v) is 1.64. The zero-order valence-electron chi connectivity index (χ0n) is 8.82. The summed E-state index contributed by atoms with van der Waals surface area (Å²) in [7, 11) is 0. The van der Waals surface area contributed by atoms with Crippen molar-refractivity contribution in [2.75, 3.05) is 6.61 Å². The molecule has 1 aromatic carbocycles. The zero-order valence-corrected chi connectivity index (χ0v) is 8.82. The summed E-state index contributed by atoms with van der Waals surface area (Å²) in [4.78, 5) is 12.0. The van der Waals surface area contributed by atoms with Gasteiger partial charge in [-0.15, -0.1) is 0 Å². The number of aryl methyl sites for hydroxylation is 1. The van der Waals surface area contributed by atoms with Crippen LogP contribution in [-0.4, -0.2) is 12.4 Å². The first-order valence-corrected chi connectivity index (χ1v) is 5.22. The molecule has 0 atom stereocenters. The van der Waals surface area contributed by atoms with E-state index in [1.807, 2.05) is 37.3 Å². The average molecular weight is 202 g/mol. The van der Waals surface area contributed by atoms with Crippen molar-refractivity contribution in [3.63, 3.8) is 0 Å². The Labute approximate surface area is 89.6 Å². The summed E-state index contributed by atoms with van der Waals surface area (Å²) in [5.74, 6) is 0.505. The third kappa shape index (κ3) is 2.27. The standard InChI is InChI=1S/C13H14O2/c1-10-5-4-6-11(9-10)13(14)12-7-2-3-8-15-12/h4-7,9H,2-3,8H2,1H3. The highest BCUT2D eigenvalue weighted by molar-refractivity contribution is 6.07. The maximum atomic E-state index is 12.0. The van der Waals surface area contributed by atoms with Crippen LogP contribution in [0, 0.1) is 6.92 Å². The molecule has 0 aliphatic carbocycles. The molecule has 1 aromatic rings. The molecule has 1 aliphatic rings. The van der Waals surface area contributed by atoms with Gasteiger partial charge < -0.3 is 4.74 Å². The van der Waals surface area contributed by atoms with Gasteiger partial charge in [-0.2, -0.15) is 0 Å². The number of hydrogen-bond acceptors (Lipinski definition) is 2. The van der Waals surface area contributed by atoms with Gasteiger partial charge in [0.15, 0.2) is 5.76 Å². The molecule has 2 heteroatoms. The highest BCUT2D eigenvalue weighted by Crippen LogP contribution is 2.16. The van der Waals surface area contributed by atoms with Gasteiger partial charge in [0.05, 0.1) is 6.61 Å². The topological polar surface area (TPSA) is 26.3 Å². The number of rotatable bonds is 2. The molecule has 1 aliphatic heterocycles. The first-order valence-electron chi connectivity index (χ1n) is 5.22.